The highest BCUT2D eigenvalue weighted by molar-refractivity contribution is 7.16. The first-order valence-corrected chi connectivity index (χ1v) is 10.4. The molecule has 1 saturated heterocycles. The van der Waals surface area contributed by atoms with Gasteiger partial charge in [0, 0.05) is 42.3 Å². The van der Waals surface area contributed by atoms with Crippen molar-refractivity contribution < 1.29 is 14.3 Å². The van der Waals surface area contributed by atoms with Gasteiger partial charge in [0.05, 0.1) is 6.20 Å². The molecule has 1 aliphatic rings. The number of aromatic nitrogens is 2. The van der Waals surface area contributed by atoms with Gasteiger partial charge in [-0.3, -0.25) is 5.32 Å². The van der Waals surface area contributed by atoms with Crippen molar-refractivity contribution in [3.8, 4) is 0 Å². The third kappa shape index (κ3) is 5.42. The molecule has 0 saturated carbocycles. The number of rotatable bonds is 5. The van der Waals surface area contributed by atoms with E-state index < -0.39 is 0 Å². The Morgan fingerprint density at radius 1 is 1.32 bits per heavy atom. The van der Waals surface area contributed by atoms with E-state index in [0.717, 1.165) is 43.0 Å². The van der Waals surface area contributed by atoms with Gasteiger partial charge in [-0.1, -0.05) is 32.1 Å². The number of hydrogen-bond acceptors (Lipinski definition) is 6. The van der Waals surface area contributed by atoms with Crippen LogP contribution in [0, 0.1) is 5.92 Å². The van der Waals surface area contributed by atoms with Crippen LogP contribution in [0.5, 0.6) is 0 Å². The number of piperidine rings is 1. The summed E-state index contributed by atoms with van der Waals surface area (Å²) in [6.07, 6.45) is 9.85. The van der Waals surface area contributed by atoms with Crippen LogP contribution in [0.3, 0.4) is 0 Å². The Balaban J connectivity index is 1.53. The highest BCUT2D eigenvalue weighted by Crippen LogP contribution is 2.25. The van der Waals surface area contributed by atoms with Crippen LogP contribution in [0.15, 0.2) is 16.8 Å². The molecule has 3 heterocycles. The summed E-state index contributed by atoms with van der Waals surface area (Å²) in [6.45, 7) is 7.89. The average molecular weight is 405 g/mol. The fourth-order valence-electron chi connectivity index (χ4n) is 3.06. The van der Waals surface area contributed by atoms with E-state index in [2.05, 4.69) is 36.1 Å². The minimum absolute atomic E-state index is 0.0758. The van der Waals surface area contributed by atoms with Gasteiger partial charge in [0.15, 0.2) is 5.13 Å². The normalized spacial score (nSPS) is 16.1. The fraction of sp³-hybridized carbons (Fsp3) is 0.550. The van der Waals surface area contributed by atoms with E-state index in [1.165, 1.54) is 11.3 Å². The summed E-state index contributed by atoms with van der Waals surface area (Å²) in [5.74, 6) is 1.90. The lowest BCUT2D eigenvalue weighted by Crippen LogP contribution is -2.41. The second kappa shape index (κ2) is 8.87. The van der Waals surface area contributed by atoms with E-state index in [4.69, 9.17) is 9.52 Å². The van der Waals surface area contributed by atoms with E-state index in [-0.39, 0.29) is 18.1 Å². The van der Waals surface area contributed by atoms with Crippen LogP contribution >= 0.6 is 11.3 Å². The molecule has 0 spiro atoms. The predicted molar refractivity (Wildman–Crippen MR) is 111 cm³/mol. The molecule has 1 fully saturated rings. The van der Waals surface area contributed by atoms with Gasteiger partial charge in [0.2, 0.25) is 5.89 Å². The molecule has 0 radical (unpaired) electrons. The van der Waals surface area contributed by atoms with Gasteiger partial charge in [-0.2, -0.15) is 0 Å². The number of urea groups is 1. The highest BCUT2D eigenvalue weighted by atomic mass is 32.1. The maximum Gasteiger partial charge on any atom is 0.323 e. The van der Waals surface area contributed by atoms with E-state index in [0.29, 0.717) is 16.9 Å². The summed E-state index contributed by atoms with van der Waals surface area (Å²) >= 11 is 1.41. The maximum atomic E-state index is 12.4. The topological polar surface area (TPSA) is 91.5 Å². The van der Waals surface area contributed by atoms with Crippen molar-refractivity contribution >= 4 is 34.7 Å². The van der Waals surface area contributed by atoms with Crippen molar-refractivity contribution in [3.63, 3.8) is 0 Å². The number of aliphatic hydroxyl groups is 1. The number of anilines is 1. The molecule has 0 aliphatic carbocycles. The molecule has 0 aromatic carbocycles. The summed E-state index contributed by atoms with van der Waals surface area (Å²) in [5, 5.41) is 12.5. The van der Waals surface area contributed by atoms with Crippen molar-refractivity contribution in [1.29, 1.82) is 0 Å². The number of amides is 2. The predicted octanol–water partition coefficient (Wildman–Crippen LogP) is 4.23. The van der Waals surface area contributed by atoms with Crippen LogP contribution in [0.1, 0.15) is 56.6 Å². The molecule has 28 heavy (non-hydrogen) atoms. The van der Waals surface area contributed by atoms with E-state index in [9.17, 15) is 4.79 Å². The first kappa shape index (κ1) is 20.5. The molecule has 0 atom stereocenters. The molecule has 0 bridgehead atoms. The van der Waals surface area contributed by atoms with Crippen LogP contribution < -0.4 is 5.32 Å². The standard InChI is InChI=1S/C20H28N4O3S/c1-20(2,3)16-13-21-17(27-16)5-4-15-12-22-18(28-15)23-19(26)24-9-6-14(7-10-24)8-11-25/h4-5,12-14,25H,6-11H2,1-3H3,(H,22,23,26)/b5-4+. The van der Waals surface area contributed by atoms with Gasteiger partial charge < -0.3 is 14.4 Å². The number of hydrogen-bond donors (Lipinski definition) is 2. The summed E-state index contributed by atoms with van der Waals surface area (Å²) in [5.41, 5.74) is -0.0758. The molecule has 2 N–H and O–H groups in total. The Kier molecular flexibility index (Phi) is 6.51. The van der Waals surface area contributed by atoms with Gasteiger partial charge in [0.1, 0.15) is 5.76 Å². The van der Waals surface area contributed by atoms with Crippen LogP contribution in [0.2, 0.25) is 0 Å². The molecule has 1 aliphatic heterocycles. The van der Waals surface area contributed by atoms with Crippen LogP contribution in [0.25, 0.3) is 12.2 Å². The molecule has 2 aromatic rings. The first-order chi connectivity index (χ1) is 13.3. The number of oxazole rings is 1. The Bertz CT molecular complexity index is 814. The van der Waals surface area contributed by atoms with Crippen molar-refractivity contribution in [1.82, 2.24) is 14.9 Å². The second-order valence-corrected chi connectivity index (χ2v) is 9.15. The molecule has 0 unspecified atom stereocenters. The van der Waals surface area contributed by atoms with Gasteiger partial charge in [-0.15, -0.1) is 0 Å². The van der Waals surface area contributed by atoms with Crippen LogP contribution in [-0.4, -0.2) is 45.7 Å². The molecule has 152 valence electrons. The number of nitrogens with zero attached hydrogens (tertiary/aromatic N) is 3. The zero-order valence-corrected chi connectivity index (χ0v) is 17.5. The molecule has 2 aromatic heterocycles. The van der Waals surface area contributed by atoms with E-state index in [1.54, 1.807) is 18.5 Å². The quantitative estimate of drug-likeness (QED) is 0.778. The molecular weight excluding hydrogens is 376 g/mol. The lowest BCUT2D eigenvalue weighted by Gasteiger charge is -2.31. The van der Waals surface area contributed by atoms with Crippen LogP contribution in [-0.2, 0) is 5.41 Å². The molecule has 2 amide bonds. The first-order valence-electron chi connectivity index (χ1n) is 9.62. The minimum Gasteiger partial charge on any atom is -0.441 e. The van der Waals surface area contributed by atoms with Crippen molar-refractivity contribution in [2.45, 2.75) is 45.4 Å². The van der Waals surface area contributed by atoms with Gasteiger partial charge in [0.25, 0.3) is 0 Å². The monoisotopic (exact) mass is 404 g/mol. The average Bonchev–Trinajstić information content (AvgIpc) is 3.30. The molecule has 7 nitrogen and oxygen atoms in total. The summed E-state index contributed by atoms with van der Waals surface area (Å²) < 4.78 is 5.74. The van der Waals surface area contributed by atoms with Gasteiger partial charge >= 0.3 is 6.03 Å². The number of aliphatic hydroxyl groups excluding tert-OH is 1. The number of nitrogens with one attached hydrogen (secondary N) is 1. The molecule has 3 rings (SSSR count). The number of likely N-dealkylation sites (tertiary alicyclic amines) is 1. The van der Waals surface area contributed by atoms with Gasteiger partial charge in [-0.25, -0.2) is 14.8 Å². The lowest BCUT2D eigenvalue weighted by molar-refractivity contribution is 0.167. The Morgan fingerprint density at radius 3 is 2.71 bits per heavy atom. The third-order valence-electron chi connectivity index (χ3n) is 4.83. The molecular formula is C20H28N4O3S. The summed E-state index contributed by atoms with van der Waals surface area (Å²) in [4.78, 5) is 23.7. The zero-order valence-electron chi connectivity index (χ0n) is 16.6. The number of carbonyl (C=O) groups excluding carboxylic acids is 1. The smallest absolute Gasteiger partial charge is 0.323 e. The number of carbonyl (C=O) groups is 1. The van der Waals surface area contributed by atoms with Crippen molar-refractivity contribution in [3.05, 3.63) is 28.9 Å². The summed E-state index contributed by atoms with van der Waals surface area (Å²) in [6, 6.07) is -0.116. The van der Waals surface area contributed by atoms with Crippen molar-refractivity contribution in [2.75, 3.05) is 25.0 Å². The Labute approximate surface area is 169 Å². The third-order valence-corrected chi connectivity index (χ3v) is 5.71. The van der Waals surface area contributed by atoms with Crippen molar-refractivity contribution in [2.24, 2.45) is 5.92 Å². The maximum absolute atomic E-state index is 12.4. The Morgan fingerprint density at radius 2 is 2.07 bits per heavy atom. The molecule has 8 heteroatoms. The zero-order chi connectivity index (χ0) is 20.1. The largest absolute Gasteiger partial charge is 0.441 e. The highest BCUT2D eigenvalue weighted by Gasteiger charge is 2.23. The Hall–Kier alpha value is -2.19. The van der Waals surface area contributed by atoms with Gasteiger partial charge in [-0.05, 0) is 31.3 Å². The fourth-order valence-corrected chi connectivity index (χ4v) is 3.77. The van der Waals surface area contributed by atoms with E-state index >= 15 is 0 Å². The number of thiazole rings is 1. The minimum atomic E-state index is -0.116. The summed E-state index contributed by atoms with van der Waals surface area (Å²) in [7, 11) is 0. The van der Waals surface area contributed by atoms with E-state index in [1.807, 2.05) is 11.0 Å². The lowest BCUT2D eigenvalue weighted by atomic mass is 9.94. The SMILES string of the molecule is CC(C)(C)c1cnc(/C=C/c2cnc(NC(=O)N3CCC(CCO)CC3)s2)o1. The van der Waals surface area contributed by atoms with Crippen LogP contribution in [0.4, 0.5) is 9.93 Å². The second-order valence-electron chi connectivity index (χ2n) is 8.09.